The number of rotatable bonds is 2. The van der Waals surface area contributed by atoms with E-state index in [1.165, 1.54) is 0 Å². The van der Waals surface area contributed by atoms with Gasteiger partial charge in [0.25, 0.3) is 0 Å². The first kappa shape index (κ1) is 14.2. The summed E-state index contributed by atoms with van der Waals surface area (Å²) in [5.74, 6) is 0.951. The largest absolute Gasteiger partial charge is 0.505 e. The van der Waals surface area contributed by atoms with E-state index in [2.05, 4.69) is 4.98 Å². The van der Waals surface area contributed by atoms with Crippen LogP contribution in [0.15, 0.2) is 54.7 Å². The van der Waals surface area contributed by atoms with Crippen molar-refractivity contribution in [3.63, 3.8) is 0 Å². The average molecular weight is 288 g/mol. The number of methoxy groups -OCH3 is 1. The molecule has 0 unspecified atom stereocenters. The van der Waals surface area contributed by atoms with Crippen molar-refractivity contribution in [2.45, 2.75) is 0 Å². The number of ether oxygens (including phenoxy) is 1. The molecule has 0 saturated carbocycles. The van der Waals surface area contributed by atoms with E-state index in [1.54, 1.807) is 13.3 Å². The number of pyridine rings is 1. The van der Waals surface area contributed by atoms with Crippen molar-refractivity contribution < 1.29 is 9.84 Å². The maximum Gasteiger partial charge on any atom is 0.149 e. The summed E-state index contributed by atoms with van der Waals surface area (Å²) in [6.07, 6.45) is 1.75. The summed E-state index contributed by atoms with van der Waals surface area (Å²) >= 11 is 0. The van der Waals surface area contributed by atoms with Crippen LogP contribution in [-0.4, -0.2) is 17.2 Å². The fraction of sp³-hybridized carbons (Fsp3) is 0.0625. The summed E-state index contributed by atoms with van der Waals surface area (Å²) < 4.78 is 5.17. The Morgan fingerprint density at radius 3 is 2.50 bits per heavy atom. The number of nitrogens with zero attached hydrogens (tertiary/aromatic N) is 1. The number of benzene rings is 2. The highest BCUT2D eigenvalue weighted by Gasteiger charge is 2.10. The van der Waals surface area contributed by atoms with Crippen molar-refractivity contribution in [1.82, 2.24) is 4.98 Å². The maximum atomic E-state index is 10.4. The molecule has 2 aromatic carbocycles. The van der Waals surface area contributed by atoms with Gasteiger partial charge in [0.05, 0.1) is 7.11 Å². The zero-order valence-electron chi connectivity index (χ0n) is 10.9. The molecule has 0 aliphatic rings. The van der Waals surface area contributed by atoms with E-state index in [-0.39, 0.29) is 18.2 Å². The molecule has 0 amide bonds. The normalized spacial score (nSPS) is 10.1. The number of fused-ring (bicyclic) bond motifs is 1. The van der Waals surface area contributed by atoms with Gasteiger partial charge in [0.1, 0.15) is 17.2 Å². The Balaban J connectivity index is 0.00000147. The Hall–Kier alpha value is -2.26. The van der Waals surface area contributed by atoms with Gasteiger partial charge in [0.2, 0.25) is 0 Å². The van der Waals surface area contributed by atoms with E-state index in [1.807, 2.05) is 48.5 Å². The van der Waals surface area contributed by atoms with Gasteiger partial charge >= 0.3 is 0 Å². The van der Waals surface area contributed by atoms with Crippen LogP contribution < -0.4 is 4.74 Å². The van der Waals surface area contributed by atoms with Crippen LogP contribution in [0, 0.1) is 0 Å². The summed E-state index contributed by atoms with van der Waals surface area (Å²) in [4.78, 5) is 4.35. The van der Waals surface area contributed by atoms with Gasteiger partial charge in [-0.25, -0.2) is 0 Å². The molecule has 0 aliphatic carbocycles. The molecule has 4 heteroatoms. The zero-order chi connectivity index (χ0) is 13.2. The van der Waals surface area contributed by atoms with Crippen LogP contribution in [-0.2, 0) is 0 Å². The third kappa shape index (κ3) is 2.40. The Bertz CT molecular complexity index is 729. The first-order valence-corrected chi connectivity index (χ1v) is 6.01. The van der Waals surface area contributed by atoms with Crippen molar-refractivity contribution in [1.29, 1.82) is 0 Å². The third-order valence-corrected chi connectivity index (χ3v) is 3.12. The highest BCUT2D eigenvalue weighted by molar-refractivity contribution is 5.93. The molecule has 20 heavy (non-hydrogen) atoms. The van der Waals surface area contributed by atoms with Gasteiger partial charge in [0, 0.05) is 22.5 Å². The minimum Gasteiger partial charge on any atom is -0.505 e. The molecule has 0 aliphatic heterocycles. The van der Waals surface area contributed by atoms with E-state index in [4.69, 9.17) is 4.74 Å². The summed E-state index contributed by atoms with van der Waals surface area (Å²) in [7, 11) is 1.62. The Morgan fingerprint density at radius 2 is 1.80 bits per heavy atom. The van der Waals surface area contributed by atoms with Crippen LogP contribution in [0.2, 0.25) is 0 Å². The smallest absolute Gasteiger partial charge is 0.149 e. The zero-order valence-corrected chi connectivity index (χ0v) is 11.7. The molecular weight excluding hydrogens is 274 g/mol. The summed E-state index contributed by atoms with van der Waals surface area (Å²) in [6, 6.07) is 15.2. The summed E-state index contributed by atoms with van der Waals surface area (Å²) in [5, 5.41) is 12.0. The number of halogens is 1. The van der Waals surface area contributed by atoms with Crippen molar-refractivity contribution in [2.24, 2.45) is 0 Å². The standard InChI is InChI=1S/C16H13NO2.ClH/c1-19-13-7-8-14-12(9-13)10-17-15(16(14)18)11-5-3-2-4-6-11;/h2-10,18H,1H3;1H. The van der Waals surface area contributed by atoms with Crippen molar-refractivity contribution >= 4 is 23.2 Å². The van der Waals surface area contributed by atoms with Crippen LogP contribution in [0.4, 0.5) is 0 Å². The Labute approximate surface area is 123 Å². The van der Waals surface area contributed by atoms with Crippen LogP contribution in [0.3, 0.4) is 0 Å². The molecule has 0 atom stereocenters. The average Bonchev–Trinajstić information content (AvgIpc) is 2.48. The van der Waals surface area contributed by atoms with Gasteiger partial charge in [-0.2, -0.15) is 0 Å². The van der Waals surface area contributed by atoms with Gasteiger partial charge in [-0.15, -0.1) is 12.4 Å². The molecule has 1 aromatic heterocycles. The summed E-state index contributed by atoms with van der Waals surface area (Å²) in [5.41, 5.74) is 1.50. The lowest BCUT2D eigenvalue weighted by Crippen LogP contribution is -1.88. The Kier molecular flexibility index (Phi) is 4.11. The van der Waals surface area contributed by atoms with Crippen LogP contribution in [0.25, 0.3) is 22.0 Å². The molecule has 0 bridgehead atoms. The predicted octanol–water partition coefficient (Wildman–Crippen LogP) is 4.04. The fourth-order valence-electron chi connectivity index (χ4n) is 2.12. The molecule has 0 radical (unpaired) electrons. The molecule has 1 heterocycles. The van der Waals surface area contributed by atoms with Crippen LogP contribution in [0.5, 0.6) is 11.5 Å². The van der Waals surface area contributed by atoms with E-state index >= 15 is 0 Å². The quantitative estimate of drug-likeness (QED) is 0.773. The van der Waals surface area contributed by atoms with E-state index < -0.39 is 0 Å². The maximum absolute atomic E-state index is 10.4. The highest BCUT2D eigenvalue weighted by atomic mass is 35.5. The molecule has 3 aromatic rings. The Morgan fingerprint density at radius 1 is 1.05 bits per heavy atom. The second kappa shape index (κ2) is 5.80. The van der Waals surface area contributed by atoms with E-state index in [0.29, 0.717) is 5.69 Å². The van der Waals surface area contributed by atoms with Crippen LogP contribution in [0.1, 0.15) is 0 Å². The van der Waals surface area contributed by atoms with E-state index in [0.717, 1.165) is 22.1 Å². The van der Waals surface area contributed by atoms with E-state index in [9.17, 15) is 5.11 Å². The second-order valence-corrected chi connectivity index (χ2v) is 4.27. The molecule has 0 spiro atoms. The minimum atomic E-state index is 0. The monoisotopic (exact) mass is 287 g/mol. The molecule has 102 valence electrons. The number of aromatic nitrogens is 1. The lowest BCUT2D eigenvalue weighted by molar-refractivity contribution is 0.415. The lowest BCUT2D eigenvalue weighted by Gasteiger charge is -2.08. The van der Waals surface area contributed by atoms with Gasteiger partial charge in [-0.05, 0) is 18.2 Å². The van der Waals surface area contributed by atoms with Crippen molar-refractivity contribution in [2.75, 3.05) is 7.11 Å². The van der Waals surface area contributed by atoms with Gasteiger partial charge < -0.3 is 9.84 Å². The predicted molar refractivity (Wildman–Crippen MR) is 82.6 cm³/mol. The number of aromatic hydroxyl groups is 1. The number of hydrogen-bond donors (Lipinski definition) is 1. The third-order valence-electron chi connectivity index (χ3n) is 3.12. The second-order valence-electron chi connectivity index (χ2n) is 4.27. The number of hydrogen-bond acceptors (Lipinski definition) is 3. The molecular formula is C16H14ClNO2. The first-order chi connectivity index (χ1) is 9.29. The minimum absolute atomic E-state index is 0. The molecule has 0 saturated heterocycles. The fourth-order valence-corrected chi connectivity index (χ4v) is 2.12. The highest BCUT2D eigenvalue weighted by Crippen LogP contribution is 2.34. The van der Waals surface area contributed by atoms with Gasteiger partial charge in [-0.1, -0.05) is 30.3 Å². The van der Waals surface area contributed by atoms with Crippen molar-refractivity contribution in [3.8, 4) is 22.8 Å². The summed E-state index contributed by atoms with van der Waals surface area (Å²) in [6.45, 7) is 0. The molecule has 1 N–H and O–H groups in total. The first-order valence-electron chi connectivity index (χ1n) is 6.01. The molecule has 0 fully saturated rings. The van der Waals surface area contributed by atoms with Crippen molar-refractivity contribution in [3.05, 3.63) is 54.7 Å². The van der Waals surface area contributed by atoms with Gasteiger partial charge in [-0.3, -0.25) is 4.98 Å². The van der Waals surface area contributed by atoms with Crippen LogP contribution >= 0.6 is 12.4 Å². The topological polar surface area (TPSA) is 42.4 Å². The van der Waals surface area contributed by atoms with Gasteiger partial charge in [0.15, 0.2) is 0 Å². The SMILES string of the molecule is COc1ccc2c(O)c(-c3ccccc3)ncc2c1.Cl. The molecule has 3 nitrogen and oxygen atoms in total. The lowest BCUT2D eigenvalue weighted by atomic mass is 10.1. The molecule has 3 rings (SSSR count).